The molecule has 1 aromatic rings. The summed E-state index contributed by atoms with van der Waals surface area (Å²) >= 11 is 0. The lowest BCUT2D eigenvalue weighted by molar-refractivity contribution is -0.0390. The number of amides is 1. The number of rotatable bonds is 2. The first-order chi connectivity index (χ1) is 10.0. The lowest BCUT2D eigenvalue weighted by Gasteiger charge is -2.33. The highest BCUT2D eigenvalue weighted by Gasteiger charge is 2.36. The van der Waals surface area contributed by atoms with E-state index in [0.29, 0.717) is 17.2 Å². The van der Waals surface area contributed by atoms with Crippen LogP contribution in [0.2, 0.25) is 0 Å². The van der Waals surface area contributed by atoms with Gasteiger partial charge in [-0.3, -0.25) is 9.69 Å². The largest absolute Gasteiger partial charge is 0.376 e. The molecular formula is C16H21FN2O2. The molecule has 2 fully saturated rings. The fourth-order valence-electron chi connectivity index (χ4n) is 3.26. The molecule has 3 atom stereocenters. The van der Waals surface area contributed by atoms with Crippen molar-refractivity contribution in [2.75, 3.05) is 19.7 Å². The van der Waals surface area contributed by atoms with Gasteiger partial charge in [0.2, 0.25) is 0 Å². The van der Waals surface area contributed by atoms with Crippen molar-refractivity contribution in [2.45, 2.75) is 38.5 Å². The summed E-state index contributed by atoms with van der Waals surface area (Å²) in [5, 5.41) is 3.03. The van der Waals surface area contributed by atoms with Crippen LogP contribution in [0.4, 0.5) is 4.39 Å². The lowest BCUT2D eigenvalue weighted by atomic mass is 10.1. The summed E-state index contributed by atoms with van der Waals surface area (Å²) < 4.78 is 19.2. The van der Waals surface area contributed by atoms with Gasteiger partial charge in [0.25, 0.3) is 5.91 Å². The number of carbonyl (C=O) groups excluding carboxylic acids is 1. The van der Waals surface area contributed by atoms with Gasteiger partial charge in [-0.15, -0.1) is 0 Å². The third-order valence-corrected chi connectivity index (χ3v) is 4.44. The molecule has 114 valence electrons. The van der Waals surface area contributed by atoms with E-state index in [4.69, 9.17) is 4.74 Å². The first-order valence-electron chi connectivity index (χ1n) is 7.46. The second-order valence-electron chi connectivity index (χ2n) is 6.07. The van der Waals surface area contributed by atoms with E-state index in [9.17, 15) is 9.18 Å². The summed E-state index contributed by atoms with van der Waals surface area (Å²) in [7, 11) is 0. The number of benzene rings is 1. The van der Waals surface area contributed by atoms with Crippen molar-refractivity contribution >= 4 is 5.91 Å². The van der Waals surface area contributed by atoms with Crippen molar-refractivity contribution in [3.63, 3.8) is 0 Å². The Kier molecular flexibility index (Phi) is 3.95. The minimum Gasteiger partial charge on any atom is -0.376 e. The van der Waals surface area contributed by atoms with Crippen LogP contribution in [0.1, 0.15) is 29.3 Å². The van der Waals surface area contributed by atoms with E-state index in [1.807, 2.05) is 0 Å². The number of ether oxygens (including phenoxy) is 1. The SMILES string of the molecule is Cc1c(F)cccc1C(=O)N[C@H]1C[C@H]2CO[C@H](C)CN2C1. The van der Waals surface area contributed by atoms with Gasteiger partial charge in [0.1, 0.15) is 5.82 Å². The maximum atomic E-state index is 13.5. The fourth-order valence-corrected chi connectivity index (χ4v) is 3.26. The van der Waals surface area contributed by atoms with E-state index < -0.39 is 0 Å². The third-order valence-electron chi connectivity index (χ3n) is 4.44. The summed E-state index contributed by atoms with van der Waals surface area (Å²) in [5.74, 6) is -0.528. The molecule has 0 aromatic heterocycles. The first-order valence-corrected chi connectivity index (χ1v) is 7.46. The Morgan fingerprint density at radius 2 is 2.24 bits per heavy atom. The number of halogens is 1. The zero-order valence-electron chi connectivity index (χ0n) is 12.4. The molecule has 0 bridgehead atoms. The Balaban J connectivity index is 1.65. The van der Waals surface area contributed by atoms with E-state index in [1.165, 1.54) is 6.07 Å². The smallest absolute Gasteiger partial charge is 0.251 e. The normalized spacial score (nSPS) is 29.2. The number of fused-ring (bicyclic) bond motifs is 1. The molecule has 0 radical (unpaired) electrons. The molecule has 3 rings (SSSR count). The predicted molar refractivity (Wildman–Crippen MR) is 77.8 cm³/mol. The number of hydrogen-bond acceptors (Lipinski definition) is 3. The maximum absolute atomic E-state index is 13.5. The van der Waals surface area contributed by atoms with E-state index in [1.54, 1.807) is 19.1 Å². The van der Waals surface area contributed by atoms with E-state index in [-0.39, 0.29) is 23.9 Å². The van der Waals surface area contributed by atoms with E-state index in [0.717, 1.165) is 26.1 Å². The fraction of sp³-hybridized carbons (Fsp3) is 0.562. The molecule has 5 heteroatoms. The van der Waals surface area contributed by atoms with Crippen LogP contribution in [0, 0.1) is 12.7 Å². The van der Waals surface area contributed by atoms with Gasteiger partial charge < -0.3 is 10.1 Å². The van der Waals surface area contributed by atoms with Gasteiger partial charge in [-0.05, 0) is 38.0 Å². The Morgan fingerprint density at radius 3 is 3.05 bits per heavy atom. The average Bonchev–Trinajstić information content (AvgIpc) is 2.83. The highest BCUT2D eigenvalue weighted by molar-refractivity contribution is 5.95. The highest BCUT2D eigenvalue weighted by Crippen LogP contribution is 2.23. The molecule has 1 N–H and O–H groups in total. The van der Waals surface area contributed by atoms with Gasteiger partial charge in [0.05, 0.1) is 12.7 Å². The van der Waals surface area contributed by atoms with Gasteiger partial charge in [-0.25, -0.2) is 4.39 Å². The van der Waals surface area contributed by atoms with Crippen molar-refractivity contribution in [3.8, 4) is 0 Å². The number of morpholine rings is 1. The van der Waals surface area contributed by atoms with Crippen LogP contribution in [-0.2, 0) is 4.74 Å². The Morgan fingerprint density at radius 1 is 1.43 bits per heavy atom. The summed E-state index contributed by atoms with van der Waals surface area (Å²) in [6, 6.07) is 5.12. The first kappa shape index (κ1) is 14.5. The van der Waals surface area contributed by atoms with Gasteiger partial charge in [0.15, 0.2) is 0 Å². The Labute approximate surface area is 124 Å². The number of nitrogens with one attached hydrogen (secondary N) is 1. The van der Waals surface area contributed by atoms with Crippen LogP contribution >= 0.6 is 0 Å². The molecule has 0 saturated carbocycles. The molecule has 2 aliphatic heterocycles. The van der Waals surface area contributed by atoms with Crippen molar-refractivity contribution in [3.05, 3.63) is 35.1 Å². The van der Waals surface area contributed by atoms with Crippen LogP contribution in [-0.4, -0.2) is 48.7 Å². The predicted octanol–water partition coefficient (Wildman–Crippen LogP) is 1.73. The molecule has 2 aliphatic rings. The molecule has 21 heavy (non-hydrogen) atoms. The minimum atomic E-state index is -0.339. The number of hydrogen-bond donors (Lipinski definition) is 1. The van der Waals surface area contributed by atoms with Crippen molar-refractivity contribution in [1.82, 2.24) is 10.2 Å². The van der Waals surface area contributed by atoms with Crippen LogP contribution in [0.3, 0.4) is 0 Å². The summed E-state index contributed by atoms with van der Waals surface area (Å²) in [6.45, 7) is 6.19. The van der Waals surface area contributed by atoms with Gasteiger partial charge in [0, 0.05) is 30.7 Å². The van der Waals surface area contributed by atoms with Crippen LogP contribution < -0.4 is 5.32 Å². The standard InChI is InChI=1S/C16H21FN2O2/c1-10-7-19-8-12(6-13(19)9-21-10)18-16(20)14-4-3-5-15(17)11(14)2/h3-5,10,12-13H,6-9H2,1-2H3,(H,18,20)/t10-,12+,13+/m1/s1. The molecule has 0 spiro atoms. The van der Waals surface area contributed by atoms with Crippen LogP contribution in [0.15, 0.2) is 18.2 Å². The number of nitrogens with zero attached hydrogens (tertiary/aromatic N) is 1. The number of carbonyl (C=O) groups is 1. The lowest BCUT2D eigenvalue weighted by Crippen LogP contribution is -2.45. The van der Waals surface area contributed by atoms with Crippen molar-refractivity contribution in [2.24, 2.45) is 0 Å². The highest BCUT2D eigenvalue weighted by atomic mass is 19.1. The molecule has 4 nitrogen and oxygen atoms in total. The van der Waals surface area contributed by atoms with Crippen molar-refractivity contribution in [1.29, 1.82) is 0 Å². The zero-order valence-corrected chi connectivity index (χ0v) is 12.4. The second-order valence-corrected chi connectivity index (χ2v) is 6.07. The molecule has 1 amide bonds. The average molecular weight is 292 g/mol. The summed E-state index contributed by atoms with van der Waals surface area (Å²) in [6.07, 6.45) is 1.15. The molecule has 0 aliphatic carbocycles. The minimum absolute atomic E-state index is 0.110. The summed E-state index contributed by atoms with van der Waals surface area (Å²) in [5.41, 5.74) is 0.826. The third kappa shape index (κ3) is 2.94. The van der Waals surface area contributed by atoms with Gasteiger partial charge >= 0.3 is 0 Å². The molecule has 1 aromatic carbocycles. The Hall–Kier alpha value is -1.46. The van der Waals surface area contributed by atoms with Crippen LogP contribution in [0.5, 0.6) is 0 Å². The quantitative estimate of drug-likeness (QED) is 0.902. The van der Waals surface area contributed by atoms with Crippen LogP contribution in [0.25, 0.3) is 0 Å². The van der Waals surface area contributed by atoms with Crippen molar-refractivity contribution < 1.29 is 13.9 Å². The summed E-state index contributed by atoms with van der Waals surface area (Å²) in [4.78, 5) is 14.7. The van der Waals surface area contributed by atoms with Gasteiger partial charge in [-0.1, -0.05) is 6.07 Å². The van der Waals surface area contributed by atoms with E-state index >= 15 is 0 Å². The van der Waals surface area contributed by atoms with E-state index in [2.05, 4.69) is 17.1 Å². The molecular weight excluding hydrogens is 271 g/mol. The zero-order chi connectivity index (χ0) is 15.0. The Bertz CT molecular complexity index is 549. The maximum Gasteiger partial charge on any atom is 0.251 e. The van der Waals surface area contributed by atoms with Gasteiger partial charge in [-0.2, -0.15) is 0 Å². The monoisotopic (exact) mass is 292 g/mol. The topological polar surface area (TPSA) is 41.6 Å². The molecule has 0 unspecified atom stereocenters. The molecule has 2 heterocycles. The second kappa shape index (κ2) is 5.73. The molecule has 2 saturated heterocycles.